The first-order valence-corrected chi connectivity index (χ1v) is 10.1. The first-order valence-electron chi connectivity index (χ1n) is 8.62. The summed E-state index contributed by atoms with van der Waals surface area (Å²) in [5.41, 5.74) is -1.29. The lowest BCUT2D eigenvalue weighted by Crippen LogP contribution is -2.40. The van der Waals surface area contributed by atoms with Gasteiger partial charge in [-0.1, -0.05) is 0 Å². The minimum Gasteiger partial charge on any atom is -0.379 e. The van der Waals surface area contributed by atoms with E-state index in [1.165, 1.54) is 28.6 Å². The maximum Gasteiger partial charge on any atom is 0.299 e. The fourth-order valence-electron chi connectivity index (χ4n) is 2.80. The lowest BCUT2D eigenvalue weighted by molar-refractivity contribution is -0.393. The third-order valence-electron chi connectivity index (χ3n) is 4.36. The Morgan fingerprint density at radius 3 is 2.20 bits per heavy atom. The predicted octanol–water partition coefficient (Wildman–Crippen LogP) is 1.78. The average molecular weight is 436 g/mol. The molecular weight excluding hydrogens is 420 g/mol. The monoisotopic (exact) mass is 436 g/mol. The predicted molar refractivity (Wildman–Crippen MR) is 104 cm³/mol. The number of hydrogen-bond acceptors (Lipinski definition) is 8. The summed E-state index contributed by atoms with van der Waals surface area (Å²) in [7, 11) is -3.73. The molecule has 0 spiro atoms. The zero-order valence-corrected chi connectivity index (χ0v) is 16.2. The van der Waals surface area contributed by atoms with E-state index in [1.54, 1.807) is 0 Å². The maximum atomic E-state index is 12.6. The van der Waals surface area contributed by atoms with Gasteiger partial charge in [-0.05, 0) is 30.3 Å². The van der Waals surface area contributed by atoms with Crippen LogP contribution in [0.3, 0.4) is 0 Å². The summed E-state index contributed by atoms with van der Waals surface area (Å²) in [4.78, 5) is 32.8. The maximum absolute atomic E-state index is 12.6. The first-order chi connectivity index (χ1) is 14.2. The number of anilines is 1. The summed E-state index contributed by atoms with van der Waals surface area (Å²) < 4.78 is 31.6. The Morgan fingerprint density at radius 1 is 1.00 bits per heavy atom. The van der Waals surface area contributed by atoms with Crippen LogP contribution in [0.5, 0.6) is 0 Å². The molecule has 12 nitrogen and oxygen atoms in total. The van der Waals surface area contributed by atoms with Crippen molar-refractivity contribution < 1.29 is 27.8 Å². The molecule has 1 heterocycles. The zero-order chi connectivity index (χ0) is 21.9. The number of benzene rings is 2. The zero-order valence-electron chi connectivity index (χ0n) is 15.4. The highest BCUT2D eigenvalue weighted by atomic mass is 32.2. The Morgan fingerprint density at radius 2 is 1.63 bits per heavy atom. The van der Waals surface area contributed by atoms with E-state index in [2.05, 4.69) is 5.32 Å². The molecule has 1 aliphatic heterocycles. The molecule has 0 aromatic heterocycles. The smallest absolute Gasteiger partial charge is 0.299 e. The number of amides is 1. The van der Waals surface area contributed by atoms with Crippen molar-refractivity contribution in [1.29, 1.82) is 0 Å². The van der Waals surface area contributed by atoms with Crippen molar-refractivity contribution in [2.75, 3.05) is 31.6 Å². The quantitative estimate of drug-likeness (QED) is 0.529. The highest BCUT2D eigenvalue weighted by Crippen LogP contribution is 2.29. The molecule has 1 fully saturated rings. The number of morpholine rings is 1. The number of nitrogens with zero attached hydrogens (tertiary/aromatic N) is 3. The van der Waals surface area contributed by atoms with E-state index < -0.39 is 37.2 Å². The second kappa shape index (κ2) is 8.52. The molecule has 0 atom stereocenters. The van der Waals surface area contributed by atoms with Gasteiger partial charge in [0.2, 0.25) is 10.0 Å². The van der Waals surface area contributed by atoms with E-state index in [-0.39, 0.29) is 29.2 Å². The van der Waals surface area contributed by atoms with Gasteiger partial charge in [-0.25, -0.2) is 8.42 Å². The Labute approximate surface area is 170 Å². The Kier molecular flexibility index (Phi) is 6.05. The van der Waals surface area contributed by atoms with Crippen LogP contribution in [0.1, 0.15) is 10.4 Å². The van der Waals surface area contributed by atoms with Crippen LogP contribution in [-0.4, -0.2) is 54.8 Å². The van der Waals surface area contributed by atoms with Crippen molar-refractivity contribution >= 4 is 33.0 Å². The van der Waals surface area contributed by atoms with Gasteiger partial charge in [0.1, 0.15) is 5.69 Å². The Bertz CT molecular complexity index is 1100. The number of hydrogen-bond donors (Lipinski definition) is 1. The van der Waals surface area contributed by atoms with Crippen LogP contribution in [0.4, 0.5) is 17.1 Å². The molecule has 0 aliphatic carbocycles. The van der Waals surface area contributed by atoms with Gasteiger partial charge in [-0.3, -0.25) is 25.0 Å². The van der Waals surface area contributed by atoms with Crippen molar-refractivity contribution in [2.24, 2.45) is 0 Å². The summed E-state index contributed by atoms with van der Waals surface area (Å²) in [5, 5.41) is 24.3. The third-order valence-corrected chi connectivity index (χ3v) is 6.27. The van der Waals surface area contributed by atoms with Gasteiger partial charge in [0, 0.05) is 24.7 Å². The van der Waals surface area contributed by atoms with Gasteiger partial charge in [0.25, 0.3) is 17.3 Å². The number of nitro groups is 2. The second-order valence-electron chi connectivity index (χ2n) is 6.21. The molecule has 2 aromatic rings. The fourth-order valence-corrected chi connectivity index (χ4v) is 4.21. The van der Waals surface area contributed by atoms with Gasteiger partial charge in [0.05, 0.1) is 34.0 Å². The van der Waals surface area contributed by atoms with Gasteiger partial charge >= 0.3 is 0 Å². The summed E-state index contributed by atoms with van der Waals surface area (Å²) in [5.74, 6) is -0.734. The van der Waals surface area contributed by atoms with Crippen LogP contribution in [0.25, 0.3) is 0 Å². The number of carbonyl (C=O) groups is 1. The van der Waals surface area contributed by atoms with Crippen LogP contribution in [-0.2, 0) is 14.8 Å². The lowest BCUT2D eigenvalue weighted by atomic mass is 10.2. The highest BCUT2D eigenvalue weighted by molar-refractivity contribution is 7.89. The molecule has 0 radical (unpaired) electrons. The molecule has 13 heteroatoms. The summed E-state index contributed by atoms with van der Waals surface area (Å²) >= 11 is 0. The summed E-state index contributed by atoms with van der Waals surface area (Å²) in [6.07, 6.45) is 0. The minimum absolute atomic E-state index is 0.00210. The van der Waals surface area contributed by atoms with Gasteiger partial charge in [-0.2, -0.15) is 4.31 Å². The van der Waals surface area contributed by atoms with Crippen LogP contribution in [0.15, 0.2) is 47.4 Å². The molecule has 2 aromatic carbocycles. The van der Waals surface area contributed by atoms with Crippen molar-refractivity contribution in [1.82, 2.24) is 4.31 Å². The molecule has 158 valence electrons. The van der Waals surface area contributed by atoms with E-state index in [1.807, 2.05) is 0 Å². The normalized spacial score (nSPS) is 14.8. The van der Waals surface area contributed by atoms with E-state index in [0.717, 1.165) is 18.2 Å². The van der Waals surface area contributed by atoms with E-state index in [0.29, 0.717) is 13.2 Å². The largest absolute Gasteiger partial charge is 0.379 e. The van der Waals surface area contributed by atoms with E-state index >= 15 is 0 Å². The van der Waals surface area contributed by atoms with Crippen molar-refractivity contribution in [3.05, 3.63) is 68.3 Å². The molecule has 0 bridgehead atoms. The molecule has 1 amide bonds. The number of rotatable bonds is 6. The van der Waals surface area contributed by atoms with Gasteiger partial charge in [-0.15, -0.1) is 0 Å². The molecular formula is C17H16N4O8S. The number of carbonyl (C=O) groups excluding carboxylic acids is 1. The number of sulfonamides is 1. The van der Waals surface area contributed by atoms with Gasteiger partial charge in [0.15, 0.2) is 0 Å². The topological polar surface area (TPSA) is 162 Å². The molecule has 30 heavy (non-hydrogen) atoms. The molecule has 1 aliphatic rings. The number of non-ortho nitro benzene ring substituents is 1. The van der Waals surface area contributed by atoms with Crippen LogP contribution in [0, 0.1) is 20.2 Å². The van der Waals surface area contributed by atoms with E-state index in [9.17, 15) is 33.4 Å². The second-order valence-corrected chi connectivity index (χ2v) is 8.15. The molecule has 0 unspecified atom stereocenters. The summed E-state index contributed by atoms with van der Waals surface area (Å²) in [6.45, 7) is 1.06. The fraction of sp³-hybridized carbons (Fsp3) is 0.235. The Hall–Kier alpha value is -3.42. The number of ether oxygens (including phenoxy) is 1. The summed E-state index contributed by atoms with van der Waals surface area (Å²) in [6, 6.07) is 7.92. The van der Waals surface area contributed by atoms with Crippen LogP contribution < -0.4 is 5.32 Å². The molecule has 3 rings (SSSR count). The number of nitro benzene ring substituents is 2. The van der Waals surface area contributed by atoms with Crippen molar-refractivity contribution in [2.45, 2.75) is 4.90 Å². The van der Waals surface area contributed by atoms with Crippen LogP contribution in [0.2, 0.25) is 0 Å². The minimum atomic E-state index is -3.73. The molecule has 1 N–H and O–H groups in total. The standard InChI is InChI=1S/C17H16N4O8S/c22-17(18-15-6-3-13(20(23)24)11-16(15)21(25)26)12-1-4-14(5-2-12)30(27,28)19-7-9-29-10-8-19/h1-6,11H,7-10H2,(H,18,22). The van der Waals surface area contributed by atoms with Crippen molar-refractivity contribution in [3.63, 3.8) is 0 Å². The SMILES string of the molecule is O=C(Nc1ccc([N+](=O)[O-])cc1[N+](=O)[O-])c1ccc(S(=O)(=O)N2CCOCC2)cc1. The van der Waals surface area contributed by atoms with E-state index in [4.69, 9.17) is 4.74 Å². The van der Waals surface area contributed by atoms with Crippen LogP contribution >= 0.6 is 0 Å². The Balaban J connectivity index is 1.80. The molecule has 0 saturated carbocycles. The number of nitrogens with one attached hydrogen (secondary N) is 1. The highest BCUT2D eigenvalue weighted by Gasteiger charge is 2.26. The molecule has 1 saturated heterocycles. The van der Waals surface area contributed by atoms with Gasteiger partial charge < -0.3 is 10.1 Å². The average Bonchev–Trinajstić information content (AvgIpc) is 2.74. The van der Waals surface area contributed by atoms with Crippen molar-refractivity contribution in [3.8, 4) is 0 Å². The first kappa shape index (κ1) is 21.3. The lowest BCUT2D eigenvalue weighted by Gasteiger charge is -2.26. The third kappa shape index (κ3) is 4.42.